The number of fused-ring (bicyclic) bond motifs is 1. The van der Waals surface area contributed by atoms with Gasteiger partial charge in [-0.05, 0) is 79.6 Å². The van der Waals surface area contributed by atoms with Crippen molar-refractivity contribution < 1.29 is 27.6 Å². The SMILES string of the molecule is CC(C)(C)OP(=O)(OC[C@@H]1[C@@H](OC2CCCCO2)C[C@@]2(n3ccc(=O)[nH]c3=O)C[C@@H]12)OC(C)(C)C. The van der Waals surface area contributed by atoms with Gasteiger partial charge in [0.15, 0.2) is 6.29 Å². The van der Waals surface area contributed by atoms with Gasteiger partial charge in [-0.1, -0.05) is 0 Å². The first-order valence-corrected chi connectivity index (χ1v) is 13.9. The van der Waals surface area contributed by atoms with Crippen LogP contribution in [0, 0.1) is 11.8 Å². The fourth-order valence-corrected chi connectivity index (χ4v) is 7.15. The molecule has 1 aliphatic heterocycles. The first-order valence-electron chi connectivity index (χ1n) is 12.5. The van der Waals surface area contributed by atoms with Crippen LogP contribution in [0.25, 0.3) is 0 Å². The average Bonchev–Trinajstić information content (AvgIpc) is 3.32. The zero-order chi connectivity index (χ0) is 25.6. The molecule has 198 valence electrons. The number of hydrogen-bond donors (Lipinski definition) is 1. The summed E-state index contributed by atoms with van der Waals surface area (Å²) in [5.41, 5.74) is -2.83. The summed E-state index contributed by atoms with van der Waals surface area (Å²) in [7, 11) is -3.90. The molecule has 2 heterocycles. The van der Waals surface area contributed by atoms with Crippen molar-refractivity contribution in [1.82, 2.24) is 9.55 Å². The van der Waals surface area contributed by atoms with Crippen LogP contribution < -0.4 is 11.2 Å². The van der Waals surface area contributed by atoms with Gasteiger partial charge >= 0.3 is 13.5 Å². The van der Waals surface area contributed by atoms with Crippen LogP contribution in [0.2, 0.25) is 0 Å². The predicted octanol–water partition coefficient (Wildman–Crippen LogP) is 3.94. The Balaban J connectivity index is 1.57. The molecule has 5 atom stereocenters. The zero-order valence-corrected chi connectivity index (χ0v) is 22.5. The topological polar surface area (TPSA) is 118 Å². The number of aromatic nitrogens is 2. The van der Waals surface area contributed by atoms with E-state index in [1.54, 1.807) is 52.3 Å². The molecule has 3 aliphatic rings. The Morgan fingerprint density at radius 2 is 1.80 bits per heavy atom. The molecule has 4 rings (SSSR count). The van der Waals surface area contributed by atoms with E-state index in [0.717, 1.165) is 25.7 Å². The number of ether oxygens (including phenoxy) is 2. The normalized spacial score (nSPS) is 31.4. The molecule has 0 spiro atoms. The Bertz CT molecular complexity index is 1040. The standard InChI is InChI=1S/C24H39N2O8P/c1-22(2,3)33-35(29,34-23(4,5)6)31-15-16-17-13-24(17,26-11-10-19(27)25-21(26)28)14-18(16)32-20-9-7-8-12-30-20/h10-11,16-18,20H,7-9,12-15H2,1-6H3,(H,25,27,28)/t16-,17-,18-,20?,24-/m0/s1. The van der Waals surface area contributed by atoms with E-state index in [0.29, 0.717) is 13.0 Å². The van der Waals surface area contributed by atoms with E-state index in [1.165, 1.54) is 6.07 Å². The minimum Gasteiger partial charge on any atom is -0.353 e. The molecule has 10 nitrogen and oxygen atoms in total. The first kappa shape index (κ1) is 26.8. The van der Waals surface area contributed by atoms with Gasteiger partial charge in [0.2, 0.25) is 0 Å². The minimum atomic E-state index is -3.90. The lowest BCUT2D eigenvalue weighted by molar-refractivity contribution is -0.199. The molecule has 3 fully saturated rings. The quantitative estimate of drug-likeness (QED) is 0.519. The molecule has 1 unspecified atom stereocenters. The van der Waals surface area contributed by atoms with Crippen LogP contribution in [-0.4, -0.2) is 46.4 Å². The van der Waals surface area contributed by atoms with Gasteiger partial charge in [-0.3, -0.25) is 27.9 Å². The number of nitrogens with one attached hydrogen (secondary N) is 1. The van der Waals surface area contributed by atoms with Crippen LogP contribution >= 0.6 is 7.82 Å². The monoisotopic (exact) mass is 514 g/mol. The second-order valence-corrected chi connectivity index (χ2v) is 13.4. The van der Waals surface area contributed by atoms with Crippen LogP contribution in [0.5, 0.6) is 0 Å². The van der Waals surface area contributed by atoms with Gasteiger partial charge in [-0.15, -0.1) is 0 Å². The Hall–Kier alpha value is -1.29. The zero-order valence-electron chi connectivity index (χ0n) is 21.6. The van der Waals surface area contributed by atoms with Gasteiger partial charge < -0.3 is 9.47 Å². The Morgan fingerprint density at radius 3 is 2.37 bits per heavy atom. The molecule has 0 bridgehead atoms. The Kier molecular flexibility index (Phi) is 7.30. The molecule has 1 saturated heterocycles. The number of hydrogen-bond acceptors (Lipinski definition) is 8. The predicted molar refractivity (Wildman–Crippen MR) is 129 cm³/mol. The highest BCUT2D eigenvalue weighted by Crippen LogP contribution is 2.65. The summed E-state index contributed by atoms with van der Waals surface area (Å²) in [5.74, 6) is -0.0998. The van der Waals surface area contributed by atoms with Crippen molar-refractivity contribution in [3.63, 3.8) is 0 Å². The second-order valence-electron chi connectivity index (χ2n) is 11.9. The van der Waals surface area contributed by atoms with Gasteiger partial charge in [0.25, 0.3) is 5.56 Å². The smallest absolute Gasteiger partial charge is 0.353 e. The fraction of sp³-hybridized carbons (Fsp3) is 0.833. The van der Waals surface area contributed by atoms with Gasteiger partial charge in [-0.2, -0.15) is 0 Å². The lowest BCUT2D eigenvalue weighted by atomic mass is 10.0. The summed E-state index contributed by atoms with van der Waals surface area (Å²) in [4.78, 5) is 26.6. The molecule has 2 saturated carbocycles. The summed E-state index contributed by atoms with van der Waals surface area (Å²) in [6.45, 7) is 11.5. The Labute approximate surface area is 206 Å². The van der Waals surface area contributed by atoms with Gasteiger partial charge in [0, 0.05) is 24.8 Å². The van der Waals surface area contributed by atoms with E-state index in [1.807, 2.05) is 0 Å². The highest BCUT2D eigenvalue weighted by molar-refractivity contribution is 7.48. The molecule has 1 aromatic heterocycles. The summed E-state index contributed by atoms with van der Waals surface area (Å²) in [6.07, 6.45) is 5.11. The molecule has 0 radical (unpaired) electrons. The largest absolute Gasteiger partial charge is 0.475 e. The van der Waals surface area contributed by atoms with Crippen molar-refractivity contribution in [3.05, 3.63) is 33.1 Å². The lowest BCUT2D eigenvalue weighted by Crippen LogP contribution is -2.37. The molecular formula is C24H39N2O8P. The third kappa shape index (κ3) is 6.35. The average molecular weight is 515 g/mol. The maximum absolute atomic E-state index is 13.6. The van der Waals surface area contributed by atoms with Crippen molar-refractivity contribution in [2.75, 3.05) is 13.2 Å². The summed E-state index contributed by atoms with van der Waals surface area (Å²) in [5, 5.41) is 0. The van der Waals surface area contributed by atoms with Crippen molar-refractivity contribution >= 4 is 7.82 Å². The number of nitrogens with zero attached hydrogens (tertiary/aromatic N) is 1. The van der Waals surface area contributed by atoms with Crippen LogP contribution in [0.3, 0.4) is 0 Å². The Morgan fingerprint density at radius 1 is 1.11 bits per heavy atom. The van der Waals surface area contributed by atoms with Gasteiger partial charge in [-0.25, -0.2) is 9.36 Å². The number of phosphoric acid groups is 1. The maximum Gasteiger partial charge on any atom is 0.475 e. The molecule has 11 heteroatoms. The van der Waals surface area contributed by atoms with Crippen molar-refractivity contribution in [3.8, 4) is 0 Å². The second kappa shape index (κ2) is 9.54. The number of H-pyrrole nitrogens is 1. The summed E-state index contributed by atoms with van der Waals surface area (Å²) < 4.78 is 45.0. The molecule has 1 N–H and O–H groups in total. The maximum atomic E-state index is 13.6. The number of phosphoric ester groups is 1. The van der Waals surface area contributed by atoms with Crippen LogP contribution in [-0.2, 0) is 33.1 Å². The molecule has 35 heavy (non-hydrogen) atoms. The highest BCUT2D eigenvalue weighted by Gasteiger charge is 2.68. The van der Waals surface area contributed by atoms with E-state index in [-0.39, 0.29) is 30.8 Å². The third-order valence-corrected chi connectivity index (χ3v) is 8.63. The van der Waals surface area contributed by atoms with E-state index in [4.69, 9.17) is 23.0 Å². The van der Waals surface area contributed by atoms with Crippen LogP contribution in [0.1, 0.15) is 73.6 Å². The molecule has 0 aromatic carbocycles. The first-order chi connectivity index (χ1) is 16.2. The number of rotatable bonds is 8. The number of aromatic amines is 1. The fourth-order valence-electron chi connectivity index (χ4n) is 5.31. The van der Waals surface area contributed by atoms with Crippen molar-refractivity contribution in [2.24, 2.45) is 11.8 Å². The van der Waals surface area contributed by atoms with Crippen LogP contribution in [0.15, 0.2) is 21.9 Å². The lowest BCUT2D eigenvalue weighted by Gasteiger charge is -2.33. The van der Waals surface area contributed by atoms with Crippen molar-refractivity contribution in [2.45, 2.75) is 103 Å². The van der Waals surface area contributed by atoms with Crippen molar-refractivity contribution in [1.29, 1.82) is 0 Å². The summed E-state index contributed by atoms with van der Waals surface area (Å²) >= 11 is 0. The molecule has 2 aliphatic carbocycles. The molecule has 0 amide bonds. The van der Waals surface area contributed by atoms with Gasteiger partial charge in [0.05, 0.1) is 29.5 Å². The third-order valence-electron chi connectivity index (χ3n) is 6.62. The minimum absolute atomic E-state index is 0.0532. The summed E-state index contributed by atoms with van der Waals surface area (Å²) in [6, 6.07) is 1.36. The highest BCUT2D eigenvalue weighted by atomic mass is 31.2. The van der Waals surface area contributed by atoms with E-state index >= 15 is 0 Å². The van der Waals surface area contributed by atoms with Crippen LogP contribution in [0.4, 0.5) is 0 Å². The van der Waals surface area contributed by atoms with E-state index < -0.39 is 35.8 Å². The molecule has 1 aromatic rings. The van der Waals surface area contributed by atoms with E-state index in [9.17, 15) is 14.2 Å². The van der Waals surface area contributed by atoms with Gasteiger partial charge in [0.1, 0.15) is 0 Å². The van der Waals surface area contributed by atoms with E-state index in [2.05, 4.69) is 4.98 Å². The molecular weight excluding hydrogens is 475 g/mol.